The monoisotopic (exact) mass is 198 g/mol. The number of aromatic nitrogens is 1. The Hall–Kier alpha value is -0.840. The van der Waals surface area contributed by atoms with E-state index in [0.29, 0.717) is 26.4 Å². The lowest BCUT2D eigenvalue weighted by atomic mass is 10.4. The molecule has 4 nitrogen and oxygen atoms in total. The van der Waals surface area contributed by atoms with E-state index in [9.17, 15) is 0 Å². The van der Waals surface area contributed by atoms with Crippen LogP contribution in [0.4, 0.5) is 0 Å². The molecule has 0 aliphatic heterocycles. The van der Waals surface area contributed by atoms with E-state index >= 15 is 0 Å². The number of methoxy groups -OCH3 is 1. The highest BCUT2D eigenvalue weighted by Gasteiger charge is 1.97. The lowest BCUT2D eigenvalue weighted by molar-refractivity contribution is 0.0664. The second kappa shape index (κ2) is 6.59. The van der Waals surface area contributed by atoms with Gasteiger partial charge in [0, 0.05) is 32.1 Å². The molecule has 1 heterocycles. The van der Waals surface area contributed by atoms with Crippen LogP contribution in [0.3, 0.4) is 0 Å². The third kappa shape index (κ3) is 3.49. The number of rotatable bonds is 7. The average molecular weight is 198 g/mol. The first-order valence-electron chi connectivity index (χ1n) is 4.79. The quantitative estimate of drug-likeness (QED) is 0.653. The van der Waals surface area contributed by atoms with E-state index in [2.05, 4.69) is 4.57 Å². The first kappa shape index (κ1) is 11.2. The van der Waals surface area contributed by atoms with Crippen LogP contribution in [-0.2, 0) is 22.6 Å². The molecular weight excluding hydrogens is 180 g/mol. The molecule has 1 aromatic rings. The van der Waals surface area contributed by atoms with Crippen molar-refractivity contribution < 1.29 is 9.47 Å². The van der Waals surface area contributed by atoms with Gasteiger partial charge in [0.25, 0.3) is 0 Å². The van der Waals surface area contributed by atoms with E-state index in [1.54, 1.807) is 7.11 Å². The zero-order valence-electron chi connectivity index (χ0n) is 8.61. The third-order valence-electron chi connectivity index (χ3n) is 2.04. The topological polar surface area (TPSA) is 49.4 Å². The molecule has 0 radical (unpaired) electrons. The van der Waals surface area contributed by atoms with Crippen molar-refractivity contribution in [3.05, 3.63) is 24.0 Å². The first-order chi connectivity index (χ1) is 6.88. The zero-order valence-corrected chi connectivity index (χ0v) is 8.61. The maximum absolute atomic E-state index is 5.57. The van der Waals surface area contributed by atoms with Crippen LogP contribution in [0.1, 0.15) is 5.69 Å². The number of hydrogen-bond acceptors (Lipinski definition) is 3. The van der Waals surface area contributed by atoms with Gasteiger partial charge in [0.15, 0.2) is 0 Å². The van der Waals surface area contributed by atoms with Crippen molar-refractivity contribution in [2.45, 2.75) is 13.1 Å². The largest absolute Gasteiger partial charge is 0.382 e. The van der Waals surface area contributed by atoms with Gasteiger partial charge in [-0.1, -0.05) is 0 Å². The molecule has 4 heteroatoms. The predicted molar refractivity (Wildman–Crippen MR) is 55.0 cm³/mol. The predicted octanol–water partition coefficient (Wildman–Crippen LogP) is 0.610. The Morgan fingerprint density at radius 2 is 2.21 bits per heavy atom. The highest BCUT2D eigenvalue weighted by Crippen LogP contribution is 2.00. The van der Waals surface area contributed by atoms with Crippen LogP contribution >= 0.6 is 0 Å². The van der Waals surface area contributed by atoms with Crippen molar-refractivity contribution in [1.29, 1.82) is 0 Å². The third-order valence-corrected chi connectivity index (χ3v) is 2.04. The molecule has 0 spiro atoms. The van der Waals surface area contributed by atoms with E-state index in [1.165, 1.54) is 0 Å². The first-order valence-corrected chi connectivity index (χ1v) is 4.79. The fourth-order valence-electron chi connectivity index (χ4n) is 1.26. The Bertz CT molecular complexity index is 248. The maximum Gasteiger partial charge on any atom is 0.0701 e. The molecule has 0 fully saturated rings. The standard InChI is InChI=1S/C10H18N2O2/c1-13-7-8-14-6-5-12-4-2-3-10(12)9-11/h2-4H,5-9,11H2,1H3. The molecule has 0 saturated carbocycles. The van der Waals surface area contributed by atoms with Gasteiger partial charge in [-0.2, -0.15) is 0 Å². The van der Waals surface area contributed by atoms with Crippen molar-refractivity contribution in [2.75, 3.05) is 26.9 Å². The highest BCUT2D eigenvalue weighted by molar-refractivity contribution is 5.06. The fourth-order valence-corrected chi connectivity index (χ4v) is 1.26. The lowest BCUT2D eigenvalue weighted by Crippen LogP contribution is -2.12. The molecule has 0 bridgehead atoms. The van der Waals surface area contributed by atoms with E-state index in [4.69, 9.17) is 15.2 Å². The molecule has 0 aliphatic carbocycles. The molecule has 0 atom stereocenters. The summed E-state index contributed by atoms with van der Waals surface area (Å²) in [4.78, 5) is 0. The minimum absolute atomic E-state index is 0.574. The van der Waals surface area contributed by atoms with Gasteiger partial charge < -0.3 is 19.8 Å². The van der Waals surface area contributed by atoms with Crippen molar-refractivity contribution >= 4 is 0 Å². The van der Waals surface area contributed by atoms with Crippen LogP contribution in [0.15, 0.2) is 18.3 Å². The van der Waals surface area contributed by atoms with Gasteiger partial charge in [-0.15, -0.1) is 0 Å². The van der Waals surface area contributed by atoms with E-state index < -0.39 is 0 Å². The minimum Gasteiger partial charge on any atom is -0.382 e. The molecule has 2 N–H and O–H groups in total. The molecule has 80 valence electrons. The van der Waals surface area contributed by atoms with Gasteiger partial charge in [-0.3, -0.25) is 0 Å². The summed E-state index contributed by atoms with van der Waals surface area (Å²) in [6.07, 6.45) is 2.02. The molecule has 14 heavy (non-hydrogen) atoms. The Morgan fingerprint density at radius 3 is 2.93 bits per heavy atom. The lowest BCUT2D eigenvalue weighted by Gasteiger charge is -2.08. The zero-order chi connectivity index (χ0) is 10.2. The summed E-state index contributed by atoms with van der Waals surface area (Å²) in [6.45, 7) is 3.42. The molecule has 0 aliphatic rings. The number of ether oxygens (including phenoxy) is 2. The Kier molecular flexibility index (Phi) is 5.29. The fraction of sp³-hybridized carbons (Fsp3) is 0.600. The summed E-state index contributed by atoms with van der Waals surface area (Å²) in [5.74, 6) is 0. The van der Waals surface area contributed by atoms with Crippen molar-refractivity contribution in [3.63, 3.8) is 0 Å². The van der Waals surface area contributed by atoms with Gasteiger partial charge in [0.2, 0.25) is 0 Å². The summed E-state index contributed by atoms with van der Waals surface area (Å²) >= 11 is 0. The normalized spacial score (nSPS) is 10.7. The van der Waals surface area contributed by atoms with Gasteiger partial charge in [0.1, 0.15) is 0 Å². The van der Waals surface area contributed by atoms with Crippen molar-refractivity contribution in [2.24, 2.45) is 5.73 Å². The Balaban J connectivity index is 2.17. The van der Waals surface area contributed by atoms with Gasteiger partial charge in [-0.25, -0.2) is 0 Å². The van der Waals surface area contributed by atoms with Crippen molar-refractivity contribution in [3.8, 4) is 0 Å². The van der Waals surface area contributed by atoms with Crippen LogP contribution < -0.4 is 5.73 Å². The molecular formula is C10H18N2O2. The Labute approximate surface area is 84.6 Å². The van der Waals surface area contributed by atoms with E-state index in [-0.39, 0.29) is 0 Å². The van der Waals surface area contributed by atoms with E-state index in [1.807, 2.05) is 18.3 Å². The summed E-state index contributed by atoms with van der Waals surface area (Å²) in [6, 6.07) is 4.02. The molecule has 1 aromatic heterocycles. The summed E-state index contributed by atoms with van der Waals surface area (Å²) in [5.41, 5.74) is 6.70. The molecule has 1 rings (SSSR count). The molecule has 0 unspecified atom stereocenters. The van der Waals surface area contributed by atoms with Gasteiger partial charge in [0.05, 0.1) is 19.8 Å². The molecule has 0 aromatic carbocycles. The second-order valence-electron chi connectivity index (χ2n) is 3.00. The SMILES string of the molecule is COCCOCCn1cccc1CN. The van der Waals surface area contributed by atoms with E-state index in [0.717, 1.165) is 12.2 Å². The second-order valence-corrected chi connectivity index (χ2v) is 3.00. The smallest absolute Gasteiger partial charge is 0.0701 e. The Morgan fingerprint density at radius 1 is 1.36 bits per heavy atom. The molecule has 0 saturated heterocycles. The van der Waals surface area contributed by atoms with Crippen LogP contribution in [0.5, 0.6) is 0 Å². The van der Waals surface area contributed by atoms with Crippen LogP contribution in [0.25, 0.3) is 0 Å². The number of nitrogens with zero attached hydrogens (tertiary/aromatic N) is 1. The summed E-state index contributed by atoms with van der Waals surface area (Å²) < 4.78 is 12.3. The maximum atomic E-state index is 5.57. The minimum atomic E-state index is 0.574. The van der Waals surface area contributed by atoms with Crippen molar-refractivity contribution in [1.82, 2.24) is 4.57 Å². The molecule has 0 amide bonds. The highest BCUT2D eigenvalue weighted by atomic mass is 16.5. The summed E-state index contributed by atoms with van der Waals surface area (Å²) in [7, 11) is 1.67. The van der Waals surface area contributed by atoms with Crippen LogP contribution in [0.2, 0.25) is 0 Å². The number of hydrogen-bond donors (Lipinski definition) is 1. The van der Waals surface area contributed by atoms with Gasteiger partial charge in [-0.05, 0) is 12.1 Å². The number of nitrogens with two attached hydrogens (primary N) is 1. The van der Waals surface area contributed by atoms with Gasteiger partial charge >= 0.3 is 0 Å². The average Bonchev–Trinajstić information content (AvgIpc) is 2.65. The summed E-state index contributed by atoms with van der Waals surface area (Å²) in [5, 5.41) is 0. The van der Waals surface area contributed by atoms with Crippen LogP contribution in [-0.4, -0.2) is 31.5 Å². The van der Waals surface area contributed by atoms with Crippen LogP contribution in [0, 0.1) is 0 Å².